The average Bonchev–Trinajstić information content (AvgIpc) is 3.16. The highest BCUT2D eigenvalue weighted by atomic mass is 35.5. The molecule has 0 bridgehead atoms. The fourth-order valence-electron chi connectivity index (χ4n) is 4.65. The number of halogens is 2. The van der Waals surface area contributed by atoms with Gasteiger partial charge in [-0.25, -0.2) is 13.4 Å². The second-order valence-corrected chi connectivity index (χ2v) is 12.0. The van der Waals surface area contributed by atoms with Crippen molar-refractivity contribution in [2.45, 2.75) is 50.5 Å². The number of carbonyl (C=O) groups excluding carboxylic acids is 1. The molecule has 1 saturated heterocycles. The van der Waals surface area contributed by atoms with Crippen LogP contribution in [0, 0.1) is 5.92 Å². The van der Waals surface area contributed by atoms with Gasteiger partial charge in [-0.05, 0) is 55.2 Å². The number of rotatable bonds is 7. The zero-order valence-electron chi connectivity index (χ0n) is 19.9. The molecule has 2 heterocycles. The van der Waals surface area contributed by atoms with Crippen LogP contribution in [0.15, 0.2) is 52.5 Å². The van der Waals surface area contributed by atoms with Gasteiger partial charge in [0.1, 0.15) is 5.71 Å². The van der Waals surface area contributed by atoms with Gasteiger partial charge in [0.25, 0.3) is 5.91 Å². The van der Waals surface area contributed by atoms with Gasteiger partial charge in [-0.2, -0.15) is 5.10 Å². The SMILES string of the molecule is CCCS(=O)(=O)c1ccc([C@H]2[C@@H](C)C(C(=O)NN3CCCCC3)=NN2c2ccc(Cl)cc2Cl)cc1. The third-order valence-corrected chi connectivity index (χ3v) is 8.92. The van der Waals surface area contributed by atoms with Crippen molar-refractivity contribution < 1.29 is 13.2 Å². The van der Waals surface area contributed by atoms with E-state index in [2.05, 4.69) is 5.43 Å². The van der Waals surface area contributed by atoms with Crippen molar-refractivity contribution in [2.24, 2.45) is 11.0 Å². The average molecular weight is 538 g/mol. The van der Waals surface area contributed by atoms with Gasteiger partial charge in [0.15, 0.2) is 9.84 Å². The smallest absolute Gasteiger partial charge is 0.282 e. The molecule has 2 aliphatic rings. The quantitative estimate of drug-likeness (QED) is 0.522. The van der Waals surface area contributed by atoms with Crippen LogP contribution < -0.4 is 10.4 Å². The van der Waals surface area contributed by atoms with Gasteiger partial charge in [-0.1, -0.05) is 55.6 Å². The second-order valence-electron chi connectivity index (χ2n) is 9.04. The van der Waals surface area contributed by atoms with E-state index in [0.29, 0.717) is 27.9 Å². The van der Waals surface area contributed by atoms with Crippen LogP contribution in [0.25, 0.3) is 0 Å². The molecule has 188 valence electrons. The van der Waals surface area contributed by atoms with E-state index in [0.717, 1.165) is 31.5 Å². The van der Waals surface area contributed by atoms with Crippen molar-refractivity contribution in [3.05, 3.63) is 58.1 Å². The minimum absolute atomic E-state index is 0.0998. The summed E-state index contributed by atoms with van der Waals surface area (Å²) in [6.07, 6.45) is 3.81. The minimum atomic E-state index is -3.33. The molecule has 1 amide bonds. The predicted molar refractivity (Wildman–Crippen MR) is 141 cm³/mol. The van der Waals surface area contributed by atoms with Crippen molar-refractivity contribution in [3.63, 3.8) is 0 Å². The zero-order valence-corrected chi connectivity index (χ0v) is 22.2. The highest BCUT2D eigenvalue weighted by molar-refractivity contribution is 7.91. The molecule has 2 aromatic carbocycles. The third kappa shape index (κ3) is 5.66. The number of anilines is 1. The Morgan fingerprint density at radius 3 is 2.40 bits per heavy atom. The van der Waals surface area contributed by atoms with Crippen molar-refractivity contribution in [3.8, 4) is 0 Å². The van der Waals surface area contributed by atoms with Gasteiger partial charge >= 0.3 is 0 Å². The Bertz CT molecular complexity index is 1210. The van der Waals surface area contributed by atoms with Crippen LogP contribution in [0.5, 0.6) is 0 Å². The molecule has 1 fully saturated rings. The van der Waals surface area contributed by atoms with E-state index >= 15 is 0 Å². The van der Waals surface area contributed by atoms with Crippen molar-refractivity contribution in [1.82, 2.24) is 10.4 Å². The molecular weight excluding hydrogens is 507 g/mol. The summed E-state index contributed by atoms with van der Waals surface area (Å²) in [6, 6.07) is 11.6. The molecule has 7 nitrogen and oxygen atoms in total. The lowest BCUT2D eigenvalue weighted by atomic mass is 9.91. The Hall–Kier alpha value is -2.13. The van der Waals surface area contributed by atoms with E-state index in [-0.39, 0.29) is 28.5 Å². The third-order valence-electron chi connectivity index (χ3n) is 6.44. The van der Waals surface area contributed by atoms with Crippen LogP contribution in [0.2, 0.25) is 10.0 Å². The van der Waals surface area contributed by atoms with Gasteiger partial charge in [0, 0.05) is 24.0 Å². The first-order valence-corrected chi connectivity index (χ1v) is 14.3. The molecule has 2 atom stereocenters. The summed E-state index contributed by atoms with van der Waals surface area (Å²) in [5.74, 6) is -0.411. The summed E-state index contributed by atoms with van der Waals surface area (Å²) in [5.41, 5.74) is 4.86. The van der Waals surface area contributed by atoms with Gasteiger partial charge in [0.2, 0.25) is 0 Å². The Morgan fingerprint density at radius 2 is 1.77 bits per heavy atom. The molecule has 0 radical (unpaired) electrons. The Balaban J connectivity index is 1.68. The number of hydrogen-bond donors (Lipinski definition) is 1. The summed E-state index contributed by atoms with van der Waals surface area (Å²) < 4.78 is 25.0. The van der Waals surface area contributed by atoms with E-state index in [9.17, 15) is 13.2 Å². The number of nitrogens with one attached hydrogen (secondary N) is 1. The first-order valence-electron chi connectivity index (χ1n) is 11.9. The molecular formula is C25H30Cl2N4O3S. The lowest BCUT2D eigenvalue weighted by Gasteiger charge is -2.28. The lowest BCUT2D eigenvalue weighted by Crippen LogP contribution is -2.48. The lowest BCUT2D eigenvalue weighted by molar-refractivity contribution is -0.120. The summed E-state index contributed by atoms with van der Waals surface area (Å²) in [5, 5.41) is 9.32. The van der Waals surface area contributed by atoms with Crippen LogP contribution in [-0.2, 0) is 14.6 Å². The Kier molecular flexibility index (Phi) is 8.06. The fourth-order valence-corrected chi connectivity index (χ4v) is 6.47. The molecule has 1 N–H and O–H groups in total. The number of hydrazone groups is 1. The Labute approximate surface area is 217 Å². The number of carbonyl (C=O) groups is 1. The number of hydrogen-bond acceptors (Lipinski definition) is 6. The maximum absolute atomic E-state index is 13.2. The summed E-state index contributed by atoms with van der Waals surface area (Å²) >= 11 is 12.6. The van der Waals surface area contributed by atoms with Crippen LogP contribution in [-0.4, -0.2) is 43.9 Å². The van der Waals surface area contributed by atoms with Gasteiger partial charge in [-0.15, -0.1) is 0 Å². The van der Waals surface area contributed by atoms with Crippen molar-refractivity contribution >= 4 is 50.3 Å². The van der Waals surface area contributed by atoms with Crippen LogP contribution in [0.4, 0.5) is 5.69 Å². The zero-order chi connectivity index (χ0) is 25.2. The molecule has 0 aliphatic carbocycles. The topological polar surface area (TPSA) is 82.1 Å². The normalized spacial score (nSPS) is 21.1. The van der Waals surface area contributed by atoms with Gasteiger partial charge in [-0.3, -0.25) is 15.2 Å². The maximum atomic E-state index is 13.2. The van der Waals surface area contributed by atoms with E-state index in [1.54, 1.807) is 47.5 Å². The predicted octanol–water partition coefficient (Wildman–Crippen LogP) is 5.25. The number of benzene rings is 2. The van der Waals surface area contributed by atoms with Crippen LogP contribution in [0.1, 0.15) is 51.1 Å². The molecule has 2 aliphatic heterocycles. The number of nitrogens with zero attached hydrogens (tertiary/aromatic N) is 3. The first-order chi connectivity index (χ1) is 16.7. The minimum Gasteiger partial charge on any atom is -0.284 e. The van der Waals surface area contributed by atoms with Crippen LogP contribution >= 0.6 is 23.2 Å². The number of amides is 1. The standard InChI is InChI=1S/C25H30Cl2N4O3S/c1-3-15-35(33,34)20-10-7-18(8-11-20)24-17(2)23(25(32)29-30-13-5-4-6-14-30)28-31(24)22-12-9-19(26)16-21(22)27/h7-12,16-17,24H,3-6,13-15H2,1-2H3,(H,29,32)/t17-,24+/m0/s1. The highest BCUT2D eigenvalue weighted by Gasteiger charge is 2.40. The van der Waals surface area contributed by atoms with E-state index in [1.165, 1.54) is 6.42 Å². The number of hydrazine groups is 1. The second kappa shape index (κ2) is 10.9. The van der Waals surface area contributed by atoms with Crippen molar-refractivity contribution in [1.29, 1.82) is 0 Å². The summed E-state index contributed by atoms with van der Waals surface area (Å²) in [4.78, 5) is 13.5. The molecule has 35 heavy (non-hydrogen) atoms. The monoisotopic (exact) mass is 536 g/mol. The maximum Gasteiger partial charge on any atom is 0.282 e. The molecule has 0 saturated carbocycles. The fraction of sp³-hybridized carbons (Fsp3) is 0.440. The molecule has 0 spiro atoms. The molecule has 4 rings (SSSR count). The van der Waals surface area contributed by atoms with Gasteiger partial charge in [0.05, 0.1) is 27.4 Å². The summed E-state index contributed by atoms with van der Waals surface area (Å²) in [6.45, 7) is 5.42. The van der Waals surface area contributed by atoms with E-state index in [4.69, 9.17) is 28.3 Å². The molecule has 10 heteroatoms. The van der Waals surface area contributed by atoms with Gasteiger partial charge < -0.3 is 0 Å². The number of piperidine rings is 1. The highest BCUT2D eigenvalue weighted by Crippen LogP contribution is 2.42. The van der Waals surface area contributed by atoms with E-state index in [1.807, 2.05) is 18.9 Å². The molecule has 0 unspecified atom stereocenters. The Morgan fingerprint density at radius 1 is 1.09 bits per heavy atom. The molecule has 2 aromatic rings. The summed E-state index contributed by atoms with van der Waals surface area (Å²) in [7, 11) is -3.33. The van der Waals surface area contributed by atoms with Crippen LogP contribution in [0.3, 0.4) is 0 Å². The molecule has 0 aromatic heterocycles. The van der Waals surface area contributed by atoms with E-state index < -0.39 is 9.84 Å². The number of sulfone groups is 1. The largest absolute Gasteiger partial charge is 0.284 e. The van der Waals surface area contributed by atoms with Crippen molar-refractivity contribution in [2.75, 3.05) is 23.9 Å². The first kappa shape index (κ1) is 25.9.